The molecule has 1 aromatic heterocycles. The van der Waals surface area contributed by atoms with Gasteiger partial charge in [0.25, 0.3) is 5.91 Å². The van der Waals surface area contributed by atoms with Gasteiger partial charge >= 0.3 is 0 Å². The van der Waals surface area contributed by atoms with Gasteiger partial charge in [0.2, 0.25) is 0 Å². The van der Waals surface area contributed by atoms with Crippen molar-refractivity contribution in [3.8, 4) is 5.75 Å². The molecule has 26 heavy (non-hydrogen) atoms. The number of carbonyl (C=O) groups is 1. The number of likely N-dealkylation sites (tertiary alicyclic amines) is 1. The maximum Gasteiger partial charge on any atom is 0.263 e. The molecular weight excluding hydrogens is 353 g/mol. The molecule has 2 unspecified atom stereocenters. The van der Waals surface area contributed by atoms with Gasteiger partial charge < -0.3 is 15.0 Å². The first-order valence-corrected chi connectivity index (χ1v) is 9.72. The van der Waals surface area contributed by atoms with Crippen molar-refractivity contribution in [2.24, 2.45) is 0 Å². The number of nitrogens with one attached hydrogen (secondary N) is 1. The number of likely N-dealkylation sites (N-methyl/N-ethyl adjacent to an activating group) is 1. The van der Waals surface area contributed by atoms with E-state index in [1.165, 1.54) is 23.5 Å². The first-order chi connectivity index (χ1) is 12.5. The molecule has 1 aromatic carbocycles. The van der Waals surface area contributed by atoms with E-state index >= 15 is 0 Å². The van der Waals surface area contributed by atoms with Crippen molar-refractivity contribution in [3.63, 3.8) is 0 Å². The zero-order chi connectivity index (χ0) is 18.3. The Hall–Kier alpha value is -1.99. The number of nitrogens with zero attached hydrogens (tertiary/aromatic N) is 2. The van der Waals surface area contributed by atoms with Gasteiger partial charge in [0.1, 0.15) is 23.1 Å². The van der Waals surface area contributed by atoms with Crippen LogP contribution in [0.1, 0.15) is 50.7 Å². The third-order valence-corrected chi connectivity index (χ3v) is 6.37. The molecule has 2 aliphatic heterocycles. The standard InChI is InChI=1S/C19H22FN3O2S/c1-11-17(26-19(21-11)12-4-3-7-23(2)9-12)18(24)22-15-10-25-16-8-13(20)5-6-14(15)16/h5-6,8,12,15H,3-4,7,9-10H2,1-2H3,(H,22,24). The number of carbonyl (C=O) groups excluding carboxylic acids is 1. The monoisotopic (exact) mass is 375 g/mol. The van der Waals surface area contributed by atoms with E-state index in [1.54, 1.807) is 6.07 Å². The average molecular weight is 375 g/mol. The Morgan fingerprint density at radius 1 is 1.46 bits per heavy atom. The lowest BCUT2D eigenvalue weighted by molar-refractivity contribution is 0.0933. The number of rotatable bonds is 3. The Balaban J connectivity index is 1.49. The molecule has 3 heterocycles. The normalized spacial score (nSPS) is 22.7. The van der Waals surface area contributed by atoms with E-state index in [9.17, 15) is 9.18 Å². The maximum atomic E-state index is 13.3. The number of ether oxygens (including phenoxy) is 1. The summed E-state index contributed by atoms with van der Waals surface area (Å²) in [5, 5.41) is 4.06. The van der Waals surface area contributed by atoms with Gasteiger partial charge in [-0.25, -0.2) is 9.37 Å². The minimum atomic E-state index is -0.337. The van der Waals surface area contributed by atoms with Crippen molar-refractivity contribution in [3.05, 3.63) is 45.2 Å². The number of aromatic nitrogens is 1. The molecule has 1 N–H and O–H groups in total. The molecular formula is C19H22FN3O2S. The van der Waals surface area contributed by atoms with Crippen molar-refractivity contribution in [1.82, 2.24) is 15.2 Å². The lowest BCUT2D eigenvalue weighted by Gasteiger charge is -2.28. The average Bonchev–Trinajstić information content (AvgIpc) is 3.18. The molecule has 7 heteroatoms. The molecule has 0 radical (unpaired) electrons. The molecule has 1 fully saturated rings. The summed E-state index contributed by atoms with van der Waals surface area (Å²) in [6.45, 7) is 4.32. The number of hydrogen-bond donors (Lipinski definition) is 1. The SMILES string of the molecule is Cc1nc(C2CCCN(C)C2)sc1C(=O)NC1COc2cc(F)ccc21. The van der Waals surface area contributed by atoms with Crippen molar-refractivity contribution in [2.45, 2.75) is 31.7 Å². The summed E-state index contributed by atoms with van der Waals surface area (Å²) in [5.41, 5.74) is 1.59. The Morgan fingerprint density at radius 3 is 3.12 bits per heavy atom. The lowest BCUT2D eigenvalue weighted by Crippen LogP contribution is -2.30. The topological polar surface area (TPSA) is 54.5 Å². The van der Waals surface area contributed by atoms with E-state index in [0.717, 1.165) is 42.2 Å². The van der Waals surface area contributed by atoms with Crippen molar-refractivity contribution < 1.29 is 13.9 Å². The first-order valence-electron chi connectivity index (χ1n) is 8.90. The van der Waals surface area contributed by atoms with Gasteiger partial charge in [0.05, 0.1) is 16.7 Å². The lowest BCUT2D eigenvalue weighted by atomic mass is 9.99. The smallest absolute Gasteiger partial charge is 0.263 e. The molecule has 0 bridgehead atoms. The quantitative estimate of drug-likeness (QED) is 0.895. The minimum absolute atomic E-state index is 0.138. The van der Waals surface area contributed by atoms with Crippen LogP contribution in [0.15, 0.2) is 18.2 Å². The van der Waals surface area contributed by atoms with Crippen LogP contribution in [-0.2, 0) is 0 Å². The fourth-order valence-electron chi connectivity index (χ4n) is 3.70. The molecule has 2 aromatic rings. The largest absolute Gasteiger partial charge is 0.491 e. The third kappa shape index (κ3) is 3.33. The molecule has 4 rings (SSSR count). The Kier molecular flexibility index (Phi) is 4.67. The first kappa shape index (κ1) is 17.4. The van der Waals surface area contributed by atoms with Crippen molar-refractivity contribution >= 4 is 17.2 Å². The van der Waals surface area contributed by atoms with Crippen LogP contribution in [0.5, 0.6) is 5.75 Å². The van der Waals surface area contributed by atoms with Crippen molar-refractivity contribution in [2.75, 3.05) is 26.7 Å². The van der Waals surface area contributed by atoms with Gasteiger partial charge in [-0.15, -0.1) is 11.3 Å². The molecule has 2 aliphatic rings. The summed E-state index contributed by atoms with van der Waals surface area (Å²) in [6, 6.07) is 4.16. The van der Waals surface area contributed by atoms with E-state index in [4.69, 9.17) is 4.74 Å². The number of fused-ring (bicyclic) bond motifs is 1. The van der Waals surface area contributed by atoms with Crippen LogP contribution >= 0.6 is 11.3 Å². The molecule has 2 atom stereocenters. The van der Waals surface area contributed by atoms with Gasteiger partial charge in [0, 0.05) is 24.1 Å². The number of thiazole rings is 1. The Bertz CT molecular complexity index is 838. The number of benzene rings is 1. The Labute approximate surface area is 156 Å². The second-order valence-corrected chi connectivity index (χ2v) is 8.12. The molecule has 1 amide bonds. The van der Waals surface area contributed by atoms with Crippen molar-refractivity contribution in [1.29, 1.82) is 0 Å². The highest BCUT2D eigenvalue weighted by atomic mass is 32.1. The van der Waals surface area contributed by atoms with Crippen LogP contribution in [-0.4, -0.2) is 42.5 Å². The highest BCUT2D eigenvalue weighted by Crippen LogP contribution is 2.34. The summed E-state index contributed by atoms with van der Waals surface area (Å²) in [7, 11) is 2.13. The van der Waals surface area contributed by atoms with Gasteiger partial charge in [0.15, 0.2) is 0 Å². The van der Waals surface area contributed by atoms with E-state index in [1.807, 2.05) is 6.92 Å². The summed E-state index contributed by atoms with van der Waals surface area (Å²) in [5.74, 6) is 0.428. The van der Waals surface area contributed by atoms with Crippen LogP contribution in [0.3, 0.4) is 0 Å². The van der Waals surface area contributed by atoms with Gasteiger partial charge in [-0.1, -0.05) is 6.07 Å². The van der Waals surface area contributed by atoms with Crippen LogP contribution in [0.4, 0.5) is 4.39 Å². The van der Waals surface area contributed by atoms with Gasteiger partial charge in [-0.2, -0.15) is 0 Å². The molecule has 1 saturated heterocycles. The van der Waals surface area contributed by atoms with Crippen LogP contribution < -0.4 is 10.1 Å². The van der Waals surface area contributed by atoms with E-state index in [-0.39, 0.29) is 17.8 Å². The zero-order valence-electron chi connectivity index (χ0n) is 14.9. The second-order valence-electron chi connectivity index (χ2n) is 7.09. The summed E-state index contributed by atoms with van der Waals surface area (Å²) in [4.78, 5) is 20.4. The third-order valence-electron chi connectivity index (χ3n) is 5.05. The maximum absolute atomic E-state index is 13.3. The van der Waals surface area contributed by atoms with Crippen LogP contribution in [0.2, 0.25) is 0 Å². The van der Waals surface area contributed by atoms with E-state index in [0.29, 0.717) is 23.2 Å². The Morgan fingerprint density at radius 2 is 2.31 bits per heavy atom. The number of piperidine rings is 1. The molecule has 0 aliphatic carbocycles. The fourth-order valence-corrected chi connectivity index (χ4v) is 4.79. The number of halogens is 1. The predicted octanol–water partition coefficient (Wildman–Crippen LogP) is 3.26. The highest BCUT2D eigenvalue weighted by Gasteiger charge is 2.29. The fraction of sp³-hybridized carbons (Fsp3) is 0.474. The van der Waals surface area contributed by atoms with E-state index < -0.39 is 0 Å². The zero-order valence-corrected chi connectivity index (χ0v) is 15.7. The highest BCUT2D eigenvalue weighted by molar-refractivity contribution is 7.13. The van der Waals surface area contributed by atoms with Gasteiger partial charge in [-0.3, -0.25) is 4.79 Å². The summed E-state index contributed by atoms with van der Waals surface area (Å²) >= 11 is 1.49. The molecule has 138 valence electrons. The van der Waals surface area contributed by atoms with Gasteiger partial charge in [-0.05, 0) is 39.4 Å². The summed E-state index contributed by atoms with van der Waals surface area (Å²) in [6.07, 6.45) is 2.28. The summed E-state index contributed by atoms with van der Waals surface area (Å²) < 4.78 is 18.8. The minimum Gasteiger partial charge on any atom is -0.491 e. The molecule has 5 nitrogen and oxygen atoms in total. The second kappa shape index (κ2) is 6.96. The number of hydrogen-bond acceptors (Lipinski definition) is 5. The number of aryl methyl sites for hydroxylation is 1. The predicted molar refractivity (Wildman–Crippen MR) is 98.4 cm³/mol. The van der Waals surface area contributed by atoms with Crippen LogP contribution in [0.25, 0.3) is 0 Å². The molecule has 0 spiro atoms. The van der Waals surface area contributed by atoms with E-state index in [2.05, 4.69) is 22.2 Å². The molecule has 0 saturated carbocycles. The van der Waals surface area contributed by atoms with Crippen LogP contribution in [0, 0.1) is 12.7 Å². The number of amides is 1.